The minimum absolute atomic E-state index is 0.00174. The molecule has 4 saturated carbocycles. The Morgan fingerprint density at radius 1 is 1.19 bits per heavy atom. The van der Waals surface area contributed by atoms with E-state index in [1.165, 1.54) is 38.5 Å². The van der Waals surface area contributed by atoms with E-state index in [1.54, 1.807) is 0 Å². The Kier molecular flexibility index (Phi) is 2.20. The molecule has 3 heteroatoms. The summed E-state index contributed by atoms with van der Waals surface area (Å²) in [5.74, 6) is 2.48. The zero-order valence-corrected chi connectivity index (χ0v) is 9.54. The first kappa shape index (κ1) is 10.1. The van der Waals surface area contributed by atoms with Gasteiger partial charge in [0.05, 0.1) is 0 Å². The van der Waals surface area contributed by atoms with Crippen LogP contribution in [0.25, 0.3) is 4.85 Å². The van der Waals surface area contributed by atoms with E-state index in [-0.39, 0.29) is 18.0 Å². The summed E-state index contributed by atoms with van der Waals surface area (Å²) < 4.78 is 0. The average Bonchev–Trinajstić information content (AvgIpc) is 2.13. The van der Waals surface area contributed by atoms with E-state index >= 15 is 0 Å². The maximum atomic E-state index is 11.6. The van der Waals surface area contributed by atoms with E-state index in [1.807, 2.05) is 0 Å². The summed E-state index contributed by atoms with van der Waals surface area (Å²) >= 11 is 0. The molecule has 3 nitrogen and oxygen atoms in total. The number of hydrogen-bond acceptors (Lipinski definition) is 1. The maximum absolute atomic E-state index is 11.6. The molecule has 0 aliphatic heterocycles. The normalized spacial score (nSPS) is 44.1. The van der Waals surface area contributed by atoms with E-state index in [9.17, 15) is 4.79 Å². The molecule has 1 N–H and O–H groups in total. The molecule has 16 heavy (non-hydrogen) atoms. The summed E-state index contributed by atoms with van der Waals surface area (Å²) in [6, 6.07) is 0. The Balaban J connectivity index is 1.74. The highest BCUT2D eigenvalue weighted by atomic mass is 16.2. The largest absolute Gasteiger partial charge is 0.344 e. The summed E-state index contributed by atoms with van der Waals surface area (Å²) in [5.41, 5.74) is 0.0799. The summed E-state index contributed by atoms with van der Waals surface area (Å²) in [5, 5.41) is 3.17. The van der Waals surface area contributed by atoms with Crippen molar-refractivity contribution >= 4 is 5.91 Å². The molecule has 1 amide bonds. The van der Waals surface area contributed by atoms with Crippen LogP contribution < -0.4 is 5.32 Å². The van der Waals surface area contributed by atoms with E-state index in [0.29, 0.717) is 0 Å². The summed E-state index contributed by atoms with van der Waals surface area (Å²) in [4.78, 5) is 14.8. The molecule has 4 aliphatic rings. The monoisotopic (exact) mass is 218 g/mol. The molecule has 0 saturated heterocycles. The Morgan fingerprint density at radius 2 is 1.69 bits per heavy atom. The van der Waals surface area contributed by atoms with Gasteiger partial charge in [0.2, 0.25) is 0 Å². The molecule has 0 heterocycles. The zero-order valence-electron chi connectivity index (χ0n) is 9.54. The zero-order chi connectivity index (χ0) is 11.2. The lowest BCUT2D eigenvalue weighted by molar-refractivity contribution is -0.124. The lowest BCUT2D eigenvalue weighted by Crippen LogP contribution is -2.60. The van der Waals surface area contributed by atoms with Gasteiger partial charge in [-0.1, -0.05) is 0 Å². The van der Waals surface area contributed by atoms with E-state index in [4.69, 9.17) is 6.57 Å². The van der Waals surface area contributed by atoms with Gasteiger partial charge in [-0.2, -0.15) is 0 Å². The number of rotatable bonds is 2. The first-order valence-corrected chi connectivity index (χ1v) is 6.33. The molecule has 4 aliphatic carbocycles. The fraction of sp³-hybridized carbons (Fsp3) is 0.846. The second-order valence-electron chi connectivity index (χ2n) is 6.06. The number of amides is 1. The minimum Gasteiger partial charge on any atom is -0.344 e. The van der Waals surface area contributed by atoms with Crippen molar-refractivity contribution in [2.75, 3.05) is 6.54 Å². The fourth-order valence-corrected chi connectivity index (χ4v) is 4.67. The van der Waals surface area contributed by atoms with Crippen LogP contribution in [-0.2, 0) is 4.79 Å². The molecule has 0 spiro atoms. The average molecular weight is 218 g/mol. The van der Waals surface area contributed by atoms with Crippen LogP contribution in [0.4, 0.5) is 0 Å². The van der Waals surface area contributed by atoms with Gasteiger partial charge in [0.15, 0.2) is 0 Å². The second kappa shape index (κ2) is 3.48. The van der Waals surface area contributed by atoms with E-state index < -0.39 is 0 Å². The van der Waals surface area contributed by atoms with Crippen molar-refractivity contribution in [2.24, 2.45) is 17.8 Å². The van der Waals surface area contributed by atoms with Gasteiger partial charge in [0.1, 0.15) is 0 Å². The fourth-order valence-electron chi connectivity index (χ4n) is 4.67. The molecule has 4 fully saturated rings. The third-order valence-corrected chi connectivity index (χ3v) is 4.67. The van der Waals surface area contributed by atoms with Crippen LogP contribution in [0.1, 0.15) is 38.5 Å². The Bertz CT molecular complexity index is 320. The Morgan fingerprint density at radius 3 is 2.12 bits per heavy atom. The van der Waals surface area contributed by atoms with E-state index in [0.717, 1.165) is 17.8 Å². The summed E-state index contributed by atoms with van der Waals surface area (Å²) in [6.45, 7) is 6.74. The van der Waals surface area contributed by atoms with Gasteiger partial charge in [-0.3, -0.25) is 4.79 Å². The Hall–Kier alpha value is -1.04. The lowest BCUT2D eigenvalue weighted by atomic mass is 9.53. The minimum atomic E-state index is -0.0584. The highest BCUT2D eigenvalue weighted by molar-refractivity contribution is 5.80. The molecule has 0 aromatic rings. The topological polar surface area (TPSA) is 33.5 Å². The van der Waals surface area contributed by atoms with Crippen molar-refractivity contribution in [1.82, 2.24) is 5.32 Å². The predicted octanol–water partition coefficient (Wildman–Crippen LogP) is 1.99. The number of nitrogens with one attached hydrogen (secondary N) is 1. The first-order chi connectivity index (χ1) is 7.69. The highest BCUT2D eigenvalue weighted by Crippen LogP contribution is 2.55. The Labute approximate surface area is 96.4 Å². The molecular formula is C13H18N2O. The SMILES string of the molecule is [C-]#[N+]CC(=O)NC12CC3CC(CC(C3)C1)C2. The van der Waals surface area contributed by atoms with Crippen LogP contribution in [-0.4, -0.2) is 18.0 Å². The van der Waals surface area contributed by atoms with Gasteiger partial charge in [-0.05, 0) is 56.3 Å². The van der Waals surface area contributed by atoms with Crippen molar-refractivity contribution in [3.8, 4) is 0 Å². The molecule has 0 radical (unpaired) electrons. The van der Waals surface area contributed by atoms with Crippen molar-refractivity contribution in [3.63, 3.8) is 0 Å². The summed E-state index contributed by atoms with van der Waals surface area (Å²) in [6.07, 6.45) is 7.67. The maximum Gasteiger partial charge on any atom is 0.300 e. The summed E-state index contributed by atoms with van der Waals surface area (Å²) in [7, 11) is 0. The van der Waals surface area contributed by atoms with Crippen molar-refractivity contribution in [2.45, 2.75) is 44.1 Å². The van der Waals surface area contributed by atoms with Gasteiger partial charge in [-0.15, -0.1) is 0 Å². The predicted molar refractivity (Wildman–Crippen MR) is 60.5 cm³/mol. The molecule has 0 atom stereocenters. The number of carbonyl (C=O) groups excluding carboxylic acids is 1. The number of carbonyl (C=O) groups is 1. The van der Waals surface area contributed by atoms with Crippen molar-refractivity contribution in [3.05, 3.63) is 11.4 Å². The number of hydrogen-bond donors (Lipinski definition) is 1. The number of nitrogens with zero attached hydrogens (tertiary/aromatic N) is 1. The van der Waals surface area contributed by atoms with Gasteiger partial charge in [0.25, 0.3) is 6.54 Å². The standard InChI is InChI=1S/C13H18N2O/c1-14-8-12(16)15-13-5-9-2-10(6-13)4-11(3-9)7-13/h9-11H,2-8H2,(H,15,16). The van der Waals surface area contributed by atoms with Crippen molar-refractivity contribution in [1.29, 1.82) is 0 Å². The highest BCUT2D eigenvalue weighted by Gasteiger charge is 2.51. The van der Waals surface area contributed by atoms with Crippen LogP contribution in [0, 0.1) is 24.3 Å². The lowest BCUT2D eigenvalue weighted by Gasteiger charge is -2.56. The molecule has 0 aromatic heterocycles. The van der Waals surface area contributed by atoms with E-state index in [2.05, 4.69) is 10.2 Å². The van der Waals surface area contributed by atoms with Crippen LogP contribution >= 0.6 is 0 Å². The van der Waals surface area contributed by atoms with Gasteiger partial charge < -0.3 is 10.2 Å². The smallest absolute Gasteiger partial charge is 0.300 e. The second-order valence-corrected chi connectivity index (χ2v) is 6.06. The van der Waals surface area contributed by atoms with Gasteiger partial charge in [-0.25, -0.2) is 6.57 Å². The molecular weight excluding hydrogens is 200 g/mol. The third-order valence-electron chi connectivity index (χ3n) is 4.67. The van der Waals surface area contributed by atoms with Crippen LogP contribution in [0.2, 0.25) is 0 Å². The molecule has 4 bridgehead atoms. The van der Waals surface area contributed by atoms with Crippen LogP contribution in [0.15, 0.2) is 0 Å². The molecule has 0 unspecified atom stereocenters. The van der Waals surface area contributed by atoms with Crippen LogP contribution in [0.3, 0.4) is 0 Å². The molecule has 0 aromatic carbocycles. The van der Waals surface area contributed by atoms with Gasteiger partial charge in [0, 0.05) is 5.54 Å². The molecule has 4 rings (SSSR count). The third kappa shape index (κ3) is 1.61. The first-order valence-electron chi connectivity index (χ1n) is 6.33. The molecule has 86 valence electrons. The quantitative estimate of drug-likeness (QED) is 0.706. The van der Waals surface area contributed by atoms with Gasteiger partial charge >= 0.3 is 5.91 Å². The van der Waals surface area contributed by atoms with Crippen molar-refractivity contribution < 1.29 is 4.79 Å². The van der Waals surface area contributed by atoms with Crippen LogP contribution in [0.5, 0.6) is 0 Å².